The number of halogens is 1. The molecule has 1 N–H and O–H groups in total. The number of nitrogens with one attached hydrogen (secondary N) is 1. The van der Waals surface area contributed by atoms with Crippen LogP contribution in [0.25, 0.3) is 11.3 Å². The molecular weight excluding hydrogens is 331 g/mol. The van der Waals surface area contributed by atoms with E-state index >= 15 is 0 Å². The molecule has 2 aromatic rings. The van der Waals surface area contributed by atoms with E-state index in [9.17, 15) is 14.4 Å². The maximum atomic E-state index is 14.5. The number of nitrogens with zero attached hydrogens (tertiary/aromatic N) is 1. The Morgan fingerprint density at radius 2 is 2.27 bits per heavy atom. The zero-order valence-electron chi connectivity index (χ0n) is 14.5. The molecule has 2 heterocycles. The van der Waals surface area contributed by atoms with Crippen LogP contribution < -0.4 is 5.32 Å². The lowest BCUT2D eigenvalue weighted by molar-refractivity contribution is -0.122. The summed E-state index contributed by atoms with van der Waals surface area (Å²) in [7, 11) is 0. The Labute approximate surface area is 152 Å². The number of rotatable bonds is 6. The van der Waals surface area contributed by atoms with E-state index in [1.165, 1.54) is 6.07 Å². The van der Waals surface area contributed by atoms with Crippen LogP contribution in [0.15, 0.2) is 41.0 Å². The lowest BCUT2D eigenvalue weighted by atomic mass is 9.88. The summed E-state index contributed by atoms with van der Waals surface area (Å²) in [5.74, 6) is 0.231. The first-order valence-electron chi connectivity index (χ1n) is 9.14. The average Bonchev–Trinajstić information content (AvgIpc) is 3.40. The number of hydrogen-bond donors (Lipinski definition) is 1. The van der Waals surface area contributed by atoms with Crippen molar-refractivity contribution >= 4 is 5.78 Å². The Morgan fingerprint density at radius 1 is 1.38 bits per heavy atom. The number of carbonyl (C=O) groups is 1. The molecule has 0 spiro atoms. The van der Waals surface area contributed by atoms with E-state index in [2.05, 4.69) is 11.4 Å². The van der Waals surface area contributed by atoms with Gasteiger partial charge in [0.05, 0.1) is 24.3 Å². The molecule has 0 unspecified atom stereocenters. The lowest BCUT2D eigenvalue weighted by Gasteiger charge is -2.22. The van der Waals surface area contributed by atoms with Gasteiger partial charge in [-0.05, 0) is 55.4 Å². The van der Waals surface area contributed by atoms with E-state index in [4.69, 9.17) is 4.42 Å². The van der Waals surface area contributed by atoms with Gasteiger partial charge in [0.25, 0.3) is 0 Å². The second kappa shape index (κ2) is 7.05. The second-order valence-corrected chi connectivity index (χ2v) is 7.40. The first-order chi connectivity index (χ1) is 12.6. The Kier molecular flexibility index (Phi) is 4.60. The smallest absolute Gasteiger partial charge is 0.151 e. The number of ketones is 1. The van der Waals surface area contributed by atoms with Gasteiger partial charge in [-0.15, -0.1) is 0 Å². The van der Waals surface area contributed by atoms with Gasteiger partial charge in [0.1, 0.15) is 11.6 Å². The molecule has 1 aromatic heterocycles. The van der Waals surface area contributed by atoms with Gasteiger partial charge >= 0.3 is 0 Å². The molecule has 2 bridgehead atoms. The van der Waals surface area contributed by atoms with Crippen molar-refractivity contribution in [3.05, 3.63) is 48.0 Å². The van der Waals surface area contributed by atoms with E-state index in [1.54, 1.807) is 30.5 Å². The Hall–Kier alpha value is -2.45. The minimum absolute atomic E-state index is 0.0939. The molecule has 5 heteroatoms. The van der Waals surface area contributed by atoms with E-state index in [-0.39, 0.29) is 30.5 Å². The third-order valence-electron chi connectivity index (χ3n) is 5.66. The molecule has 2 aliphatic rings. The summed E-state index contributed by atoms with van der Waals surface area (Å²) in [6.07, 6.45) is 5.26. The molecule has 4 nitrogen and oxygen atoms in total. The molecule has 0 radical (unpaired) electrons. The van der Waals surface area contributed by atoms with Crippen LogP contribution in [-0.2, 0) is 11.2 Å². The summed E-state index contributed by atoms with van der Waals surface area (Å²) in [4.78, 5) is 12.6. The summed E-state index contributed by atoms with van der Waals surface area (Å²) < 4.78 is 19.7. The van der Waals surface area contributed by atoms with Crippen molar-refractivity contribution in [3.8, 4) is 17.4 Å². The van der Waals surface area contributed by atoms with Crippen LogP contribution in [0.4, 0.5) is 4.39 Å². The van der Waals surface area contributed by atoms with Crippen molar-refractivity contribution in [2.45, 2.75) is 44.2 Å². The van der Waals surface area contributed by atoms with Gasteiger partial charge in [-0.3, -0.25) is 4.79 Å². The molecule has 2 fully saturated rings. The molecule has 4 rings (SSSR count). The number of furan rings is 1. The molecule has 1 aliphatic heterocycles. The monoisotopic (exact) mass is 352 g/mol. The van der Waals surface area contributed by atoms with Crippen molar-refractivity contribution in [1.82, 2.24) is 5.32 Å². The lowest BCUT2D eigenvalue weighted by Crippen LogP contribution is -2.42. The first-order valence-corrected chi connectivity index (χ1v) is 9.14. The number of Topliss-reactive ketones (excluding diaryl/α,β-unsaturated/α-hetero) is 1. The SMILES string of the molecule is N#C[C@@H](CC(=O)[C@H]1N[C@@H]2CC[C@H]1C2)Cc1ccc(-c2ccco2)cc1F. The fourth-order valence-corrected chi connectivity index (χ4v) is 4.32. The average molecular weight is 352 g/mol. The highest BCUT2D eigenvalue weighted by molar-refractivity contribution is 5.85. The van der Waals surface area contributed by atoms with Crippen LogP contribution in [0.2, 0.25) is 0 Å². The molecule has 1 saturated heterocycles. The summed E-state index contributed by atoms with van der Waals surface area (Å²) in [5, 5.41) is 12.8. The van der Waals surface area contributed by atoms with Gasteiger partial charge in [0.2, 0.25) is 0 Å². The Balaban J connectivity index is 1.42. The molecule has 1 aliphatic carbocycles. The van der Waals surface area contributed by atoms with Crippen LogP contribution in [0.5, 0.6) is 0 Å². The van der Waals surface area contributed by atoms with Crippen LogP contribution in [-0.4, -0.2) is 17.9 Å². The number of nitriles is 1. The molecule has 4 atom stereocenters. The Morgan fingerprint density at radius 3 is 2.88 bits per heavy atom. The van der Waals surface area contributed by atoms with Crippen molar-refractivity contribution < 1.29 is 13.6 Å². The van der Waals surface area contributed by atoms with Crippen molar-refractivity contribution in [2.75, 3.05) is 0 Å². The highest BCUT2D eigenvalue weighted by atomic mass is 19.1. The number of piperidine rings is 1. The molecular formula is C21H21FN2O2. The molecule has 1 saturated carbocycles. The van der Waals surface area contributed by atoms with Gasteiger partial charge in [-0.25, -0.2) is 4.39 Å². The van der Waals surface area contributed by atoms with E-state index in [0.29, 0.717) is 28.8 Å². The molecule has 1 aromatic carbocycles. The third kappa shape index (κ3) is 3.30. The van der Waals surface area contributed by atoms with Crippen LogP contribution >= 0.6 is 0 Å². The number of fused-ring (bicyclic) bond motifs is 2. The summed E-state index contributed by atoms with van der Waals surface area (Å²) in [6, 6.07) is 10.9. The van der Waals surface area contributed by atoms with Crippen LogP contribution in [0, 0.1) is 29.0 Å². The van der Waals surface area contributed by atoms with Crippen molar-refractivity contribution in [3.63, 3.8) is 0 Å². The normalized spacial score (nSPS) is 25.2. The zero-order chi connectivity index (χ0) is 18.1. The van der Waals surface area contributed by atoms with Crippen LogP contribution in [0.1, 0.15) is 31.2 Å². The van der Waals surface area contributed by atoms with Crippen LogP contribution in [0.3, 0.4) is 0 Å². The van der Waals surface area contributed by atoms with E-state index in [0.717, 1.165) is 19.3 Å². The second-order valence-electron chi connectivity index (χ2n) is 7.40. The van der Waals surface area contributed by atoms with E-state index < -0.39 is 5.92 Å². The number of hydrogen-bond acceptors (Lipinski definition) is 4. The predicted octanol–water partition coefficient (Wildman–Crippen LogP) is 3.87. The maximum absolute atomic E-state index is 14.5. The number of benzene rings is 1. The quantitative estimate of drug-likeness (QED) is 0.857. The highest BCUT2D eigenvalue weighted by Gasteiger charge is 2.42. The van der Waals surface area contributed by atoms with Gasteiger partial charge in [-0.1, -0.05) is 12.1 Å². The van der Waals surface area contributed by atoms with E-state index in [1.807, 2.05) is 0 Å². The molecule has 134 valence electrons. The summed E-state index contributed by atoms with van der Waals surface area (Å²) in [5.41, 5.74) is 1.12. The largest absolute Gasteiger partial charge is 0.464 e. The highest BCUT2D eigenvalue weighted by Crippen LogP contribution is 2.36. The topological polar surface area (TPSA) is 66.0 Å². The van der Waals surface area contributed by atoms with Gasteiger partial charge < -0.3 is 9.73 Å². The van der Waals surface area contributed by atoms with Gasteiger partial charge in [0, 0.05) is 18.0 Å². The van der Waals surface area contributed by atoms with Crippen molar-refractivity contribution in [2.24, 2.45) is 11.8 Å². The molecule has 26 heavy (non-hydrogen) atoms. The van der Waals surface area contributed by atoms with Crippen molar-refractivity contribution in [1.29, 1.82) is 5.26 Å². The number of carbonyl (C=O) groups excluding carboxylic acids is 1. The minimum atomic E-state index is -0.507. The van der Waals surface area contributed by atoms with Gasteiger partial charge in [-0.2, -0.15) is 5.26 Å². The predicted molar refractivity (Wildman–Crippen MR) is 94.6 cm³/mol. The zero-order valence-corrected chi connectivity index (χ0v) is 14.5. The minimum Gasteiger partial charge on any atom is -0.464 e. The fourth-order valence-electron chi connectivity index (χ4n) is 4.32. The summed E-state index contributed by atoms with van der Waals surface area (Å²) in [6.45, 7) is 0. The maximum Gasteiger partial charge on any atom is 0.151 e. The fraction of sp³-hybridized carbons (Fsp3) is 0.429. The van der Waals surface area contributed by atoms with Gasteiger partial charge in [0.15, 0.2) is 5.78 Å². The molecule has 0 amide bonds. The summed E-state index contributed by atoms with van der Waals surface area (Å²) >= 11 is 0. The standard InChI is InChI=1S/C21H21FN2O2/c22-18-11-15(20-2-1-7-26-20)4-3-14(18)8-13(12-23)9-19(25)21-16-5-6-17(10-16)24-21/h1-4,7,11,13,16-17,21,24H,5-6,8-10H2/t13-,16+,17-,21+/m1/s1. The third-order valence-corrected chi connectivity index (χ3v) is 5.66. The Bertz CT molecular complexity index is 840. The first kappa shape index (κ1) is 17.0.